The van der Waals surface area contributed by atoms with E-state index in [1.807, 2.05) is 31.2 Å². The lowest BCUT2D eigenvalue weighted by molar-refractivity contribution is -0.274. The minimum absolute atomic E-state index is 0.281. The second-order valence-corrected chi connectivity index (χ2v) is 7.85. The van der Waals surface area contributed by atoms with Crippen molar-refractivity contribution in [1.29, 1.82) is 0 Å². The average Bonchev–Trinajstić information content (AvgIpc) is 2.60. The number of alkyl halides is 3. The van der Waals surface area contributed by atoms with Gasteiger partial charge in [0.2, 0.25) is 15.9 Å². The van der Waals surface area contributed by atoms with Crippen LogP contribution < -0.4 is 9.46 Å². The number of halogens is 3. The molecule has 0 saturated carbocycles. The molecule has 0 aliphatic rings. The van der Waals surface area contributed by atoms with Gasteiger partial charge >= 0.3 is 6.36 Å². The number of benzene rings is 2. The van der Waals surface area contributed by atoms with Gasteiger partial charge < -0.3 is 9.64 Å². The third kappa shape index (κ3) is 6.54. The lowest BCUT2D eigenvalue weighted by Gasteiger charge is -2.18. The van der Waals surface area contributed by atoms with Crippen LogP contribution in [0, 0.1) is 6.92 Å². The van der Waals surface area contributed by atoms with E-state index in [0.717, 1.165) is 35.4 Å². The number of nitrogens with one attached hydrogen (secondary N) is 1. The van der Waals surface area contributed by atoms with Crippen LogP contribution in [0.2, 0.25) is 0 Å². The van der Waals surface area contributed by atoms with Crippen LogP contribution >= 0.6 is 0 Å². The first kappa shape index (κ1) is 21.7. The van der Waals surface area contributed by atoms with Gasteiger partial charge in [0.25, 0.3) is 0 Å². The molecule has 152 valence electrons. The summed E-state index contributed by atoms with van der Waals surface area (Å²) in [6.45, 7) is 1.77. The van der Waals surface area contributed by atoms with E-state index in [1.165, 1.54) is 4.90 Å². The molecule has 0 radical (unpaired) electrons. The Kier molecular flexibility index (Phi) is 6.68. The van der Waals surface area contributed by atoms with E-state index >= 15 is 0 Å². The fourth-order valence-corrected chi connectivity index (χ4v) is 3.23. The zero-order valence-electron chi connectivity index (χ0n) is 15.2. The maximum absolute atomic E-state index is 12.2. The molecule has 0 unspecified atom stereocenters. The van der Waals surface area contributed by atoms with Crippen molar-refractivity contribution in [2.75, 3.05) is 13.6 Å². The second kappa shape index (κ2) is 8.61. The van der Waals surface area contributed by atoms with Crippen molar-refractivity contribution >= 4 is 15.9 Å². The van der Waals surface area contributed by atoms with Gasteiger partial charge in [0.15, 0.2) is 0 Å². The second-order valence-electron chi connectivity index (χ2n) is 6.08. The van der Waals surface area contributed by atoms with E-state index in [-0.39, 0.29) is 4.90 Å². The number of rotatable bonds is 7. The average molecular weight is 416 g/mol. The normalized spacial score (nSPS) is 11.9. The van der Waals surface area contributed by atoms with Gasteiger partial charge in [-0.2, -0.15) is 0 Å². The monoisotopic (exact) mass is 416 g/mol. The molecule has 0 fully saturated rings. The number of ether oxygens (including phenoxy) is 1. The van der Waals surface area contributed by atoms with E-state index in [4.69, 9.17) is 0 Å². The van der Waals surface area contributed by atoms with Gasteiger partial charge in [-0.1, -0.05) is 29.8 Å². The van der Waals surface area contributed by atoms with Crippen LogP contribution in [0.15, 0.2) is 53.4 Å². The Morgan fingerprint density at radius 1 is 1.07 bits per heavy atom. The highest BCUT2D eigenvalue weighted by atomic mass is 32.2. The number of carbonyl (C=O) groups excluding carboxylic acids is 1. The van der Waals surface area contributed by atoms with Crippen LogP contribution in [0.1, 0.15) is 11.1 Å². The minimum atomic E-state index is -4.87. The number of hydrogen-bond donors (Lipinski definition) is 1. The molecule has 0 aliphatic carbocycles. The zero-order chi connectivity index (χ0) is 20.9. The molecule has 0 aromatic heterocycles. The Bertz CT molecular complexity index is 911. The summed E-state index contributed by atoms with van der Waals surface area (Å²) >= 11 is 0. The first-order chi connectivity index (χ1) is 13.0. The van der Waals surface area contributed by atoms with E-state index < -0.39 is 34.6 Å². The largest absolute Gasteiger partial charge is 0.573 e. The van der Waals surface area contributed by atoms with Gasteiger partial charge in [-0.25, -0.2) is 13.1 Å². The number of aryl methyl sites for hydroxylation is 1. The van der Waals surface area contributed by atoms with Crippen molar-refractivity contribution in [2.24, 2.45) is 0 Å². The molecule has 0 atom stereocenters. The van der Waals surface area contributed by atoms with Crippen molar-refractivity contribution < 1.29 is 31.1 Å². The number of amides is 1. The van der Waals surface area contributed by atoms with Gasteiger partial charge in [-0.05, 0) is 36.8 Å². The van der Waals surface area contributed by atoms with Crippen molar-refractivity contribution in [2.45, 2.75) is 24.7 Å². The molecule has 2 aromatic carbocycles. The Morgan fingerprint density at radius 3 is 2.18 bits per heavy atom. The number of likely N-dealkylation sites (N-methyl/N-ethyl adjacent to an activating group) is 1. The quantitative estimate of drug-likeness (QED) is 0.753. The number of carbonyl (C=O) groups is 1. The number of hydrogen-bond acceptors (Lipinski definition) is 4. The Labute approximate surface area is 161 Å². The zero-order valence-corrected chi connectivity index (χ0v) is 16.0. The molecule has 1 amide bonds. The fourth-order valence-electron chi connectivity index (χ4n) is 2.25. The van der Waals surface area contributed by atoms with E-state index in [2.05, 4.69) is 9.46 Å². The van der Waals surface area contributed by atoms with Crippen LogP contribution in [0.4, 0.5) is 13.2 Å². The van der Waals surface area contributed by atoms with Crippen molar-refractivity contribution in [1.82, 2.24) is 9.62 Å². The van der Waals surface area contributed by atoms with Crippen LogP contribution in [0.25, 0.3) is 0 Å². The van der Waals surface area contributed by atoms with Crippen molar-refractivity contribution in [3.63, 3.8) is 0 Å². The molecule has 0 saturated heterocycles. The molecule has 1 N–H and O–H groups in total. The third-order valence-electron chi connectivity index (χ3n) is 3.75. The topological polar surface area (TPSA) is 75.7 Å². The molecule has 0 aliphatic heterocycles. The fraction of sp³-hybridized carbons (Fsp3) is 0.278. The molecule has 0 heterocycles. The molecule has 2 rings (SSSR count). The van der Waals surface area contributed by atoms with Gasteiger partial charge in [0.05, 0.1) is 11.4 Å². The molecule has 2 aromatic rings. The predicted octanol–water partition coefficient (Wildman–Crippen LogP) is 2.83. The van der Waals surface area contributed by atoms with Gasteiger partial charge in [0, 0.05) is 13.6 Å². The molecule has 0 bridgehead atoms. The highest BCUT2D eigenvalue weighted by molar-refractivity contribution is 7.89. The van der Waals surface area contributed by atoms with Crippen molar-refractivity contribution in [3.8, 4) is 5.75 Å². The Hall–Kier alpha value is -2.59. The first-order valence-corrected chi connectivity index (χ1v) is 9.59. The number of sulfonamides is 1. The highest BCUT2D eigenvalue weighted by Gasteiger charge is 2.31. The maximum atomic E-state index is 12.2. The van der Waals surface area contributed by atoms with Crippen LogP contribution in [-0.2, 0) is 21.4 Å². The minimum Gasteiger partial charge on any atom is -0.406 e. The van der Waals surface area contributed by atoms with Crippen molar-refractivity contribution in [3.05, 3.63) is 59.7 Å². The summed E-state index contributed by atoms with van der Waals surface area (Å²) in [5.41, 5.74) is 1.97. The van der Waals surface area contributed by atoms with E-state index in [9.17, 15) is 26.4 Å². The Morgan fingerprint density at radius 2 is 1.64 bits per heavy atom. The first-order valence-electron chi connectivity index (χ1n) is 8.11. The molecule has 0 spiro atoms. The predicted molar refractivity (Wildman–Crippen MR) is 96.0 cm³/mol. The summed E-state index contributed by atoms with van der Waals surface area (Å²) < 4.78 is 66.7. The number of nitrogens with zero attached hydrogens (tertiary/aromatic N) is 1. The summed E-state index contributed by atoms with van der Waals surface area (Å²) in [5, 5.41) is 0. The summed E-state index contributed by atoms with van der Waals surface area (Å²) in [4.78, 5) is 13.2. The molecule has 28 heavy (non-hydrogen) atoms. The SMILES string of the molecule is Cc1ccc(CN(C)C(=O)CNS(=O)(=O)c2ccc(OC(F)(F)F)cc2)cc1. The molecule has 6 nitrogen and oxygen atoms in total. The van der Waals surface area contributed by atoms with E-state index in [1.54, 1.807) is 7.05 Å². The van der Waals surface area contributed by atoms with Crippen LogP contribution in [0.5, 0.6) is 5.75 Å². The summed E-state index contributed by atoms with van der Waals surface area (Å²) in [6, 6.07) is 11.2. The lowest BCUT2D eigenvalue weighted by Crippen LogP contribution is -2.37. The standard InChI is InChI=1S/C18H19F3N2O4S/c1-13-3-5-14(6-4-13)12-23(2)17(24)11-22-28(25,26)16-9-7-15(8-10-16)27-18(19,20)21/h3-10,22H,11-12H2,1-2H3. The smallest absolute Gasteiger partial charge is 0.406 e. The van der Waals surface area contributed by atoms with Crippen LogP contribution in [0.3, 0.4) is 0 Å². The van der Waals surface area contributed by atoms with Gasteiger partial charge in [0.1, 0.15) is 5.75 Å². The van der Waals surface area contributed by atoms with Gasteiger partial charge in [-0.15, -0.1) is 13.2 Å². The molecule has 10 heteroatoms. The third-order valence-corrected chi connectivity index (χ3v) is 5.16. The van der Waals surface area contributed by atoms with E-state index in [0.29, 0.717) is 6.54 Å². The summed E-state index contributed by atoms with van der Waals surface area (Å²) in [5.74, 6) is -0.999. The van der Waals surface area contributed by atoms with Crippen LogP contribution in [-0.4, -0.2) is 39.2 Å². The lowest BCUT2D eigenvalue weighted by atomic mass is 10.1. The highest BCUT2D eigenvalue weighted by Crippen LogP contribution is 2.23. The summed E-state index contributed by atoms with van der Waals surface area (Å²) in [6.07, 6.45) is -4.87. The maximum Gasteiger partial charge on any atom is 0.573 e. The summed E-state index contributed by atoms with van der Waals surface area (Å²) in [7, 11) is -2.52. The van der Waals surface area contributed by atoms with Gasteiger partial charge in [-0.3, -0.25) is 4.79 Å². The molecular weight excluding hydrogens is 397 g/mol. The Balaban J connectivity index is 1.94. The molecular formula is C18H19F3N2O4S.